The van der Waals surface area contributed by atoms with Gasteiger partial charge in [0.2, 0.25) is 0 Å². The lowest BCUT2D eigenvalue weighted by molar-refractivity contribution is -0.215. The molecule has 5 atom stereocenters. The number of hydrogen-bond donors (Lipinski definition) is 3. The fraction of sp³-hybridized carbons (Fsp3) is 0.500. The number of nitrogens with one attached hydrogen (secondary N) is 1. The molecule has 11 nitrogen and oxygen atoms in total. The Morgan fingerprint density at radius 2 is 2.06 bits per heavy atom. The number of rotatable bonds is 7. The monoisotopic (exact) mass is 461 g/mol. The van der Waals surface area contributed by atoms with Gasteiger partial charge >= 0.3 is 5.69 Å². The molecule has 1 unspecified atom stereocenters. The van der Waals surface area contributed by atoms with Crippen molar-refractivity contribution in [2.75, 3.05) is 25.6 Å². The molecule has 0 aliphatic carbocycles. The molecule has 0 spiro atoms. The number of aromatic nitrogens is 2. The number of methoxy groups -OCH3 is 1. The maximum atomic E-state index is 12.7. The van der Waals surface area contributed by atoms with Gasteiger partial charge in [-0.25, -0.2) is 4.79 Å². The summed E-state index contributed by atoms with van der Waals surface area (Å²) in [6.45, 7) is 0.105. The number of benzene rings is 1. The molecule has 3 heterocycles. The van der Waals surface area contributed by atoms with Crippen molar-refractivity contribution in [2.45, 2.75) is 50.1 Å². The van der Waals surface area contributed by atoms with Crippen molar-refractivity contribution in [3.05, 3.63) is 52.6 Å². The van der Waals surface area contributed by atoms with Crippen molar-refractivity contribution in [2.24, 2.45) is 0 Å². The quantitative estimate of drug-likeness (QED) is 0.542. The third kappa shape index (κ3) is 5.23. The summed E-state index contributed by atoms with van der Waals surface area (Å²) in [5.41, 5.74) is -0.341. The van der Waals surface area contributed by atoms with Gasteiger partial charge < -0.3 is 34.5 Å². The Labute approximate surface area is 189 Å². The Morgan fingerprint density at radius 1 is 1.27 bits per heavy atom. The smallest absolute Gasteiger partial charge is 0.351 e. The zero-order chi connectivity index (χ0) is 23.4. The number of amides is 1. The maximum absolute atomic E-state index is 12.7. The number of anilines is 1. The van der Waals surface area contributed by atoms with Crippen molar-refractivity contribution >= 4 is 11.7 Å². The van der Waals surface area contributed by atoms with E-state index in [4.69, 9.17) is 18.9 Å². The second kappa shape index (κ2) is 10.4. The zero-order valence-corrected chi connectivity index (χ0v) is 18.1. The van der Waals surface area contributed by atoms with E-state index in [2.05, 4.69) is 10.3 Å². The highest BCUT2D eigenvalue weighted by Crippen LogP contribution is 2.33. The summed E-state index contributed by atoms with van der Waals surface area (Å²) < 4.78 is 23.4. The summed E-state index contributed by atoms with van der Waals surface area (Å²) in [6.07, 6.45) is -0.674. The fourth-order valence-corrected chi connectivity index (χ4v) is 3.84. The van der Waals surface area contributed by atoms with Crippen LogP contribution in [0, 0.1) is 0 Å². The summed E-state index contributed by atoms with van der Waals surface area (Å²) >= 11 is 0. The van der Waals surface area contributed by atoms with Crippen LogP contribution < -0.4 is 15.7 Å². The van der Waals surface area contributed by atoms with Crippen LogP contribution in [0.25, 0.3) is 0 Å². The van der Waals surface area contributed by atoms with E-state index in [0.717, 1.165) is 17.4 Å². The van der Waals surface area contributed by atoms with E-state index >= 15 is 0 Å². The topological polar surface area (TPSA) is 141 Å². The van der Waals surface area contributed by atoms with Crippen LogP contribution in [0.2, 0.25) is 0 Å². The predicted molar refractivity (Wildman–Crippen MR) is 115 cm³/mol. The molecule has 33 heavy (non-hydrogen) atoms. The molecule has 2 aliphatic rings. The number of ether oxygens (including phenoxy) is 4. The average molecular weight is 461 g/mol. The van der Waals surface area contributed by atoms with Crippen molar-refractivity contribution < 1.29 is 34.0 Å². The van der Waals surface area contributed by atoms with E-state index in [1.54, 1.807) is 24.3 Å². The van der Waals surface area contributed by atoms with Gasteiger partial charge in [-0.2, -0.15) is 4.98 Å². The van der Waals surface area contributed by atoms with Crippen LogP contribution in [-0.4, -0.2) is 70.6 Å². The Hall–Kier alpha value is -2.83. The fourth-order valence-electron chi connectivity index (χ4n) is 3.84. The van der Waals surface area contributed by atoms with Crippen molar-refractivity contribution in [1.82, 2.24) is 9.55 Å². The first-order valence-corrected chi connectivity index (χ1v) is 10.8. The van der Waals surface area contributed by atoms with E-state index in [1.165, 1.54) is 19.4 Å². The molecule has 2 aliphatic heterocycles. The van der Waals surface area contributed by atoms with Crippen molar-refractivity contribution in [3.8, 4) is 5.75 Å². The molecule has 4 rings (SSSR count). The first-order chi connectivity index (χ1) is 16.0. The minimum absolute atomic E-state index is 0.0578. The lowest BCUT2D eigenvalue weighted by Crippen LogP contribution is -2.41. The highest BCUT2D eigenvalue weighted by Gasteiger charge is 2.47. The highest BCUT2D eigenvalue weighted by molar-refractivity contribution is 6.03. The van der Waals surface area contributed by atoms with E-state index in [1.807, 2.05) is 0 Å². The van der Waals surface area contributed by atoms with Crippen LogP contribution in [0.1, 0.15) is 35.8 Å². The number of carbonyl (C=O) groups is 1. The Bertz CT molecular complexity index is 1010. The van der Waals surface area contributed by atoms with Crippen LogP contribution in [0.5, 0.6) is 5.75 Å². The summed E-state index contributed by atoms with van der Waals surface area (Å²) in [6, 6.07) is 7.92. The van der Waals surface area contributed by atoms with Gasteiger partial charge in [0.25, 0.3) is 5.91 Å². The van der Waals surface area contributed by atoms with Gasteiger partial charge in [-0.1, -0.05) is 0 Å². The summed E-state index contributed by atoms with van der Waals surface area (Å²) in [4.78, 5) is 29.1. The lowest BCUT2D eigenvalue weighted by Gasteiger charge is -2.29. The first-order valence-electron chi connectivity index (χ1n) is 10.8. The van der Waals surface area contributed by atoms with E-state index < -0.39 is 49.0 Å². The van der Waals surface area contributed by atoms with Gasteiger partial charge in [0.15, 0.2) is 12.5 Å². The zero-order valence-electron chi connectivity index (χ0n) is 18.1. The minimum Gasteiger partial charge on any atom is -0.497 e. The van der Waals surface area contributed by atoms with E-state index in [-0.39, 0.29) is 5.82 Å². The number of aliphatic hydroxyl groups is 2. The van der Waals surface area contributed by atoms with Crippen molar-refractivity contribution in [1.29, 1.82) is 0 Å². The first kappa shape index (κ1) is 23.3. The van der Waals surface area contributed by atoms with Crippen LogP contribution in [0.15, 0.2) is 41.3 Å². The molecule has 178 valence electrons. The molecule has 2 fully saturated rings. The third-order valence-electron chi connectivity index (χ3n) is 5.64. The second-order valence-corrected chi connectivity index (χ2v) is 7.82. The average Bonchev–Trinajstić information content (AvgIpc) is 3.15. The van der Waals surface area contributed by atoms with Crippen molar-refractivity contribution in [3.63, 3.8) is 0 Å². The van der Waals surface area contributed by atoms with Crippen LogP contribution >= 0.6 is 0 Å². The van der Waals surface area contributed by atoms with Gasteiger partial charge in [-0.3, -0.25) is 9.36 Å². The molecule has 3 N–H and O–H groups in total. The molecule has 1 amide bonds. The minimum atomic E-state index is -1.16. The van der Waals surface area contributed by atoms with Gasteiger partial charge in [0.1, 0.15) is 29.9 Å². The van der Waals surface area contributed by atoms with Crippen LogP contribution in [0.3, 0.4) is 0 Å². The molecule has 0 bridgehead atoms. The molecule has 0 saturated carbocycles. The van der Waals surface area contributed by atoms with Crippen LogP contribution in [0.4, 0.5) is 5.82 Å². The largest absolute Gasteiger partial charge is 0.497 e. The van der Waals surface area contributed by atoms with E-state index in [9.17, 15) is 19.8 Å². The van der Waals surface area contributed by atoms with Gasteiger partial charge in [-0.05, 0) is 49.6 Å². The summed E-state index contributed by atoms with van der Waals surface area (Å²) in [7, 11) is 1.53. The molecule has 2 saturated heterocycles. The molecule has 1 aromatic heterocycles. The molecule has 1 aromatic carbocycles. The molecule has 2 aromatic rings. The normalized spacial score (nSPS) is 27.3. The Kier molecular flexibility index (Phi) is 7.36. The molecular weight excluding hydrogens is 434 g/mol. The molecule has 0 radical (unpaired) electrons. The Balaban J connectivity index is 1.50. The molecule has 11 heteroatoms. The van der Waals surface area contributed by atoms with Gasteiger partial charge in [0.05, 0.1) is 13.7 Å². The van der Waals surface area contributed by atoms with Crippen LogP contribution in [-0.2, 0) is 14.2 Å². The predicted octanol–water partition coefficient (Wildman–Crippen LogP) is 0.667. The summed E-state index contributed by atoms with van der Waals surface area (Å²) in [5, 5.41) is 22.7. The number of hydrogen-bond acceptors (Lipinski definition) is 9. The number of carbonyl (C=O) groups excluding carboxylic acids is 1. The maximum Gasteiger partial charge on any atom is 0.351 e. The third-order valence-corrected chi connectivity index (χ3v) is 5.64. The van der Waals surface area contributed by atoms with Gasteiger partial charge in [-0.15, -0.1) is 0 Å². The molecular formula is C22H27N3O8. The standard InChI is InChI=1S/C22H27N3O8/c1-30-14-7-5-13(6-8-14)20(28)23-16-9-10-25(22(29)24-16)21-19(18(27)15(12-26)32-21)33-17-4-2-3-11-31-17/h5-10,15,17-19,21,26-27H,2-4,11-12H2,1H3,(H,23,24,28,29)/t15-,17?,18-,19-,21-/m1/s1. The SMILES string of the molecule is COc1ccc(C(=O)Nc2ccn([C@@H]3O[C@H](CO)[C@@H](O)[C@H]3OC3CCCCO3)c(=O)n2)cc1. The van der Waals surface area contributed by atoms with E-state index in [0.29, 0.717) is 24.3 Å². The Morgan fingerprint density at radius 3 is 2.70 bits per heavy atom. The lowest BCUT2D eigenvalue weighted by atomic mass is 10.1. The number of nitrogens with zero attached hydrogens (tertiary/aromatic N) is 2. The highest BCUT2D eigenvalue weighted by atomic mass is 16.7. The summed E-state index contributed by atoms with van der Waals surface area (Å²) in [5.74, 6) is 0.232. The van der Waals surface area contributed by atoms with Gasteiger partial charge in [0, 0.05) is 18.4 Å². The second-order valence-electron chi connectivity index (χ2n) is 7.82. The number of aliphatic hydroxyl groups excluding tert-OH is 2.